The topological polar surface area (TPSA) is 185 Å². The number of halogens is 2. The van der Waals surface area contributed by atoms with Crippen LogP contribution in [-0.4, -0.2) is 94.8 Å². The van der Waals surface area contributed by atoms with Crippen molar-refractivity contribution in [2.75, 3.05) is 13.1 Å². The standard InChI is InChI=1S/2C33H42ClN3O4/c2*1-4-5-6-7-12-25-19-26(41-33(2,3)40-25)20-35-31(38)27-16-21-10-8-9-11-22(21)17-29(27)37-32(39)30-18-23-15-24(34)13-14-28(23)36-30/h2*8-11,13-15,18,25-27,29,36H,4-7,12,16-17,19-20H2,1-3H3,(H,35,38)(H,37,39)/t2*25-,26-,27+,29+/m00/s1. The van der Waals surface area contributed by atoms with Crippen LogP contribution in [0.5, 0.6) is 0 Å². The van der Waals surface area contributed by atoms with Gasteiger partial charge in [0.1, 0.15) is 11.4 Å². The predicted molar refractivity (Wildman–Crippen MR) is 324 cm³/mol. The molecule has 2 aliphatic heterocycles. The number of fused-ring (bicyclic) bond motifs is 4. The van der Waals surface area contributed by atoms with Gasteiger partial charge < -0.3 is 50.2 Å². The first kappa shape index (κ1) is 60.8. The van der Waals surface area contributed by atoms with Gasteiger partial charge >= 0.3 is 0 Å². The molecule has 2 saturated heterocycles. The Hall–Kier alpha value is -5.74. The van der Waals surface area contributed by atoms with Crippen LogP contribution in [0.4, 0.5) is 0 Å². The van der Waals surface area contributed by atoms with Gasteiger partial charge in [0.2, 0.25) is 11.8 Å². The van der Waals surface area contributed by atoms with E-state index in [2.05, 4.69) is 69.3 Å². The summed E-state index contributed by atoms with van der Waals surface area (Å²) < 4.78 is 24.8. The number of rotatable bonds is 20. The lowest BCUT2D eigenvalue weighted by molar-refractivity contribution is -0.299. The highest BCUT2D eigenvalue weighted by molar-refractivity contribution is 6.31. The molecule has 2 fully saturated rings. The van der Waals surface area contributed by atoms with E-state index in [9.17, 15) is 19.2 Å². The van der Waals surface area contributed by atoms with Gasteiger partial charge in [-0.05, 0) is 137 Å². The second-order valence-corrected chi connectivity index (χ2v) is 24.8. The van der Waals surface area contributed by atoms with Gasteiger partial charge in [0.05, 0.1) is 36.3 Å². The lowest BCUT2D eigenvalue weighted by Crippen LogP contribution is -2.53. The molecule has 0 saturated carbocycles. The molecule has 0 spiro atoms. The molecule has 0 bridgehead atoms. The molecule has 4 amide bonds. The van der Waals surface area contributed by atoms with E-state index in [1.807, 2.05) is 76.2 Å². The van der Waals surface area contributed by atoms with Crippen molar-refractivity contribution in [3.63, 3.8) is 0 Å². The highest BCUT2D eigenvalue weighted by atomic mass is 35.5. The molecule has 0 unspecified atom stereocenters. The lowest BCUT2D eigenvalue weighted by Gasteiger charge is -2.41. The number of aromatic amines is 2. The van der Waals surface area contributed by atoms with E-state index in [1.54, 1.807) is 24.3 Å². The monoisotopic (exact) mass is 1160 g/mol. The second-order valence-electron chi connectivity index (χ2n) is 24.0. The van der Waals surface area contributed by atoms with E-state index in [1.165, 1.54) is 38.5 Å². The first-order valence-corrected chi connectivity index (χ1v) is 30.8. The number of ether oxygens (including phenoxy) is 4. The molecule has 6 N–H and O–H groups in total. The Morgan fingerprint density at radius 2 is 0.878 bits per heavy atom. The molecule has 16 heteroatoms. The number of hydrogen-bond donors (Lipinski definition) is 6. The number of amides is 4. The molecule has 4 aliphatic rings. The minimum absolute atomic E-state index is 0.0689. The van der Waals surface area contributed by atoms with Gasteiger partial charge in [0.15, 0.2) is 11.6 Å². The summed E-state index contributed by atoms with van der Waals surface area (Å²) in [5.74, 6) is -2.78. The van der Waals surface area contributed by atoms with Gasteiger partial charge in [-0.1, -0.05) is 137 Å². The summed E-state index contributed by atoms with van der Waals surface area (Å²) in [5.41, 5.74) is 7.18. The van der Waals surface area contributed by atoms with E-state index in [0.717, 1.165) is 82.6 Å². The fraction of sp³-hybridized carbons (Fsp3) is 0.515. The van der Waals surface area contributed by atoms with Gasteiger partial charge in [0.25, 0.3) is 11.8 Å². The fourth-order valence-electron chi connectivity index (χ4n) is 12.6. The van der Waals surface area contributed by atoms with Crippen LogP contribution >= 0.6 is 23.2 Å². The van der Waals surface area contributed by atoms with Gasteiger partial charge in [-0.3, -0.25) is 19.2 Å². The maximum atomic E-state index is 13.7. The fourth-order valence-corrected chi connectivity index (χ4v) is 12.9. The molecule has 2 aromatic heterocycles. The van der Waals surface area contributed by atoms with Crippen LogP contribution in [0, 0.1) is 11.8 Å². The average molecular weight is 1160 g/mol. The van der Waals surface area contributed by atoms with Gasteiger partial charge in [-0.25, -0.2) is 0 Å². The molecule has 4 aromatic carbocycles. The Labute approximate surface area is 493 Å². The third kappa shape index (κ3) is 16.3. The van der Waals surface area contributed by atoms with Gasteiger partial charge in [-0.15, -0.1) is 0 Å². The highest BCUT2D eigenvalue weighted by Gasteiger charge is 2.40. The molecule has 440 valence electrons. The Bertz CT molecular complexity index is 2950. The van der Waals surface area contributed by atoms with Crippen LogP contribution in [-0.2, 0) is 54.2 Å². The van der Waals surface area contributed by atoms with E-state index >= 15 is 0 Å². The summed E-state index contributed by atoms with van der Waals surface area (Å²) in [6.07, 6.45) is 15.4. The summed E-state index contributed by atoms with van der Waals surface area (Å²) in [6.45, 7) is 13.0. The maximum absolute atomic E-state index is 13.7. The summed E-state index contributed by atoms with van der Waals surface area (Å²) >= 11 is 12.3. The quantitative estimate of drug-likeness (QED) is 0.0408. The number of benzene rings is 4. The average Bonchev–Trinajstić information content (AvgIpc) is 4.20. The third-order valence-electron chi connectivity index (χ3n) is 16.5. The Kier molecular flexibility index (Phi) is 20.6. The number of carbonyl (C=O) groups is 4. The molecule has 8 atom stereocenters. The van der Waals surface area contributed by atoms with Crippen molar-refractivity contribution in [1.29, 1.82) is 0 Å². The number of hydrogen-bond acceptors (Lipinski definition) is 8. The van der Waals surface area contributed by atoms with Crippen molar-refractivity contribution in [2.45, 2.75) is 192 Å². The summed E-state index contributed by atoms with van der Waals surface area (Å²) in [6, 6.07) is 30.2. The van der Waals surface area contributed by atoms with Crippen molar-refractivity contribution in [3.8, 4) is 0 Å². The van der Waals surface area contributed by atoms with Gasteiger partial charge in [0, 0.05) is 69.9 Å². The number of nitrogens with one attached hydrogen (secondary N) is 6. The van der Waals surface area contributed by atoms with Crippen molar-refractivity contribution in [1.82, 2.24) is 31.2 Å². The van der Waals surface area contributed by atoms with E-state index < -0.39 is 23.4 Å². The van der Waals surface area contributed by atoms with Crippen molar-refractivity contribution in [3.05, 3.63) is 141 Å². The molecule has 0 radical (unpaired) electrons. The summed E-state index contributed by atoms with van der Waals surface area (Å²) in [5, 5.41) is 15.6. The predicted octanol–water partition coefficient (Wildman–Crippen LogP) is 12.7. The van der Waals surface area contributed by atoms with Crippen LogP contribution in [0.1, 0.15) is 162 Å². The van der Waals surface area contributed by atoms with Crippen LogP contribution in [0.15, 0.2) is 97.1 Å². The number of H-pyrrole nitrogens is 2. The molecule has 6 aromatic rings. The number of carbonyl (C=O) groups excluding carboxylic acids is 4. The minimum Gasteiger partial charge on any atom is -0.353 e. The second kappa shape index (κ2) is 27.8. The molecule has 10 rings (SSSR count). The third-order valence-corrected chi connectivity index (χ3v) is 17.0. The maximum Gasteiger partial charge on any atom is 0.267 e. The van der Waals surface area contributed by atoms with Crippen molar-refractivity contribution >= 4 is 68.6 Å². The molecular formula is C66H84Cl2N6O8. The SMILES string of the molecule is CCCCCC[C@H]1C[C@@H](CNC(=O)[C@@H]2Cc3ccccc3C[C@H]2NC(=O)c2cc3cc(Cl)ccc3[nH]2)OC(C)(C)O1.CCCCCC[C@H]1C[C@@H](CNC(=O)[C@@H]2Cc3ccccc3C[C@H]2NC(=O)c2cc3cc(Cl)ccc3[nH]2)OC(C)(C)O1. The van der Waals surface area contributed by atoms with E-state index in [0.29, 0.717) is 60.2 Å². The van der Waals surface area contributed by atoms with Gasteiger partial charge in [-0.2, -0.15) is 0 Å². The van der Waals surface area contributed by atoms with Crippen molar-refractivity contribution in [2.24, 2.45) is 11.8 Å². The van der Waals surface area contributed by atoms with E-state index in [-0.39, 0.29) is 60.1 Å². The first-order chi connectivity index (χ1) is 39.4. The molecule has 14 nitrogen and oxygen atoms in total. The zero-order chi connectivity index (χ0) is 58.0. The molecular weight excluding hydrogens is 1080 g/mol. The molecule has 4 heterocycles. The Morgan fingerprint density at radius 1 is 0.500 bits per heavy atom. The van der Waals surface area contributed by atoms with Crippen LogP contribution in [0.2, 0.25) is 10.0 Å². The molecule has 82 heavy (non-hydrogen) atoms. The normalized spacial score (nSPS) is 23.6. The van der Waals surface area contributed by atoms with E-state index in [4.69, 9.17) is 42.1 Å². The zero-order valence-corrected chi connectivity index (χ0v) is 50.1. The Balaban J connectivity index is 0.000000198. The smallest absolute Gasteiger partial charge is 0.267 e. The highest BCUT2D eigenvalue weighted by Crippen LogP contribution is 2.33. The minimum atomic E-state index is -0.687. The summed E-state index contributed by atoms with van der Waals surface area (Å²) in [4.78, 5) is 60.4. The zero-order valence-electron chi connectivity index (χ0n) is 48.6. The van der Waals surface area contributed by atoms with Crippen LogP contribution in [0.3, 0.4) is 0 Å². The number of aromatic nitrogens is 2. The Morgan fingerprint density at radius 3 is 1.27 bits per heavy atom. The lowest BCUT2D eigenvalue weighted by atomic mass is 9.79. The number of unbranched alkanes of at least 4 members (excludes halogenated alkanes) is 6. The van der Waals surface area contributed by atoms with Crippen LogP contribution in [0.25, 0.3) is 21.8 Å². The summed E-state index contributed by atoms with van der Waals surface area (Å²) in [7, 11) is 0. The molecule has 2 aliphatic carbocycles. The van der Waals surface area contributed by atoms with Crippen molar-refractivity contribution < 1.29 is 38.1 Å². The largest absolute Gasteiger partial charge is 0.353 e. The van der Waals surface area contributed by atoms with Crippen LogP contribution < -0.4 is 21.3 Å². The first-order valence-electron chi connectivity index (χ1n) is 30.0.